The normalized spacial score (nSPS) is 15.9. The molecule has 0 amide bonds. The lowest BCUT2D eigenvalue weighted by atomic mass is 9.93. The molecule has 0 unspecified atom stereocenters. The van der Waals surface area contributed by atoms with E-state index in [1.54, 1.807) is 24.4 Å². The van der Waals surface area contributed by atoms with Gasteiger partial charge >= 0.3 is 5.97 Å². The lowest BCUT2D eigenvalue weighted by molar-refractivity contribution is -0.137. The van der Waals surface area contributed by atoms with Crippen molar-refractivity contribution in [1.82, 2.24) is 9.29 Å². The van der Waals surface area contributed by atoms with Gasteiger partial charge in [-0.3, -0.25) is 9.78 Å². The van der Waals surface area contributed by atoms with E-state index in [4.69, 9.17) is 5.11 Å². The average Bonchev–Trinajstić information content (AvgIpc) is 2.43. The van der Waals surface area contributed by atoms with Crippen LogP contribution in [0.4, 0.5) is 0 Å². The Balaban J connectivity index is 2.11. The molecule has 116 valence electrons. The lowest BCUT2D eigenvalue weighted by Crippen LogP contribution is -2.46. The predicted molar refractivity (Wildman–Crippen MR) is 80.9 cm³/mol. The van der Waals surface area contributed by atoms with Gasteiger partial charge in [-0.2, -0.15) is 4.31 Å². The molecule has 1 aliphatic rings. The summed E-state index contributed by atoms with van der Waals surface area (Å²) < 4.78 is 27.0. The summed E-state index contributed by atoms with van der Waals surface area (Å²) in [5.41, 5.74) is 0. The summed E-state index contributed by atoms with van der Waals surface area (Å²) in [7, 11) is -3.86. The maximum absolute atomic E-state index is 13.0. The molecule has 0 saturated heterocycles. The fourth-order valence-corrected chi connectivity index (χ4v) is 4.51. The SMILES string of the molecule is O=C(O)CN(C1CCC1)S(=O)(=O)c1cccc2cnccc12. The van der Waals surface area contributed by atoms with Gasteiger partial charge in [-0.25, -0.2) is 8.42 Å². The quantitative estimate of drug-likeness (QED) is 0.908. The zero-order valence-corrected chi connectivity index (χ0v) is 12.7. The van der Waals surface area contributed by atoms with E-state index >= 15 is 0 Å². The molecule has 1 aromatic heterocycles. The number of rotatable bonds is 5. The first-order chi connectivity index (χ1) is 10.5. The number of carboxylic acids is 1. The van der Waals surface area contributed by atoms with Gasteiger partial charge in [0.25, 0.3) is 0 Å². The highest BCUT2D eigenvalue weighted by molar-refractivity contribution is 7.89. The van der Waals surface area contributed by atoms with E-state index < -0.39 is 22.5 Å². The predicted octanol–water partition coefficient (Wildman–Crippen LogP) is 1.86. The Bertz CT molecular complexity index is 810. The van der Waals surface area contributed by atoms with Gasteiger partial charge in [-0.15, -0.1) is 0 Å². The molecule has 6 nitrogen and oxygen atoms in total. The van der Waals surface area contributed by atoms with E-state index in [0.717, 1.165) is 10.7 Å². The molecule has 0 aliphatic heterocycles. The molecule has 0 radical (unpaired) electrons. The molecule has 1 aliphatic carbocycles. The summed E-state index contributed by atoms with van der Waals surface area (Å²) in [5, 5.41) is 10.3. The molecule has 1 heterocycles. The Morgan fingerprint density at radius 2 is 2.09 bits per heavy atom. The van der Waals surface area contributed by atoms with Gasteiger partial charge in [-0.1, -0.05) is 18.6 Å². The monoisotopic (exact) mass is 320 g/mol. The summed E-state index contributed by atoms with van der Waals surface area (Å²) in [6.45, 7) is -0.505. The summed E-state index contributed by atoms with van der Waals surface area (Å²) >= 11 is 0. The molecule has 7 heteroatoms. The van der Waals surface area contributed by atoms with Crippen LogP contribution < -0.4 is 0 Å². The third kappa shape index (κ3) is 2.57. The van der Waals surface area contributed by atoms with Crippen molar-refractivity contribution in [3.8, 4) is 0 Å². The molecule has 2 aromatic rings. The van der Waals surface area contributed by atoms with Crippen LogP contribution in [0.15, 0.2) is 41.6 Å². The number of nitrogens with zero attached hydrogens (tertiary/aromatic N) is 2. The minimum atomic E-state index is -3.86. The molecule has 22 heavy (non-hydrogen) atoms. The highest BCUT2D eigenvalue weighted by Crippen LogP contribution is 2.32. The van der Waals surface area contributed by atoms with Crippen molar-refractivity contribution in [2.24, 2.45) is 0 Å². The summed E-state index contributed by atoms with van der Waals surface area (Å²) in [6, 6.07) is 6.37. The number of fused-ring (bicyclic) bond motifs is 1. The summed E-state index contributed by atoms with van der Waals surface area (Å²) in [5.74, 6) is -1.14. The molecular formula is C15H16N2O4S. The third-order valence-corrected chi connectivity index (χ3v) is 5.96. The summed E-state index contributed by atoms with van der Waals surface area (Å²) in [6.07, 6.45) is 5.47. The molecule has 0 atom stereocenters. The molecule has 1 saturated carbocycles. The highest BCUT2D eigenvalue weighted by atomic mass is 32.2. The maximum atomic E-state index is 13.0. The van der Waals surface area contributed by atoms with E-state index in [0.29, 0.717) is 23.6 Å². The van der Waals surface area contributed by atoms with Gasteiger partial charge in [0.1, 0.15) is 6.54 Å². The molecule has 0 bridgehead atoms. The second-order valence-corrected chi connectivity index (χ2v) is 7.24. The number of hydrogen-bond donors (Lipinski definition) is 1. The second-order valence-electron chi connectivity index (χ2n) is 5.38. The molecule has 3 rings (SSSR count). The zero-order chi connectivity index (χ0) is 15.7. The first-order valence-corrected chi connectivity index (χ1v) is 8.50. The highest BCUT2D eigenvalue weighted by Gasteiger charge is 2.36. The van der Waals surface area contributed by atoms with E-state index in [1.165, 1.54) is 12.3 Å². The molecular weight excluding hydrogens is 304 g/mol. The first kappa shape index (κ1) is 14.9. The average molecular weight is 320 g/mol. The van der Waals surface area contributed by atoms with Gasteiger partial charge in [0.05, 0.1) is 4.90 Å². The van der Waals surface area contributed by atoms with Crippen molar-refractivity contribution in [3.05, 3.63) is 36.7 Å². The van der Waals surface area contributed by atoms with Crippen LogP contribution in [0.25, 0.3) is 10.8 Å². The van der Waals surface area contributed by atoms with Crippen molar-refractivity contribution in [1.29, 1.82) is 0 Å². The van der Waals surface area contributed by atoms with Gasteiger partial charge in [0, 0.05) is 29.2 Å². The van der Waals surface area contributed by atoms with Crippen LogP contribution in [0.5, 0.6) is 0 Å². The van der Waals surface area contributed by atoms with E-state index in [9.17, 15) is 13.2 Å². The Hall–Kier alpha value is -1.99. The van der Waals surface area contributed by atoms with Gasteiger partial charge < -0.3 is 5.11 Å². The van der Waals surface area contributed by atoms with Crippen molar-refractivity contribution >= 4 is 26.8 Å². The molecule has 0 spiro atoms. The fraction of sp³-hybridized carbons (Fsp3) is 0.333. The number of benzene rings is 1. The van der Waals surface area contributed by atoms with E-state index in [-0.39, 0.29) is 10.9 Å². The van der Waals surface area contributed by atoms with Crippen molar-refractivity contribution < 1.29 is 18.3 Å². The van der Waals surface area contributed by atoms with Crippen LogP contribution in [0.2, 0.25) is 0 Å². The molecule has 1 N–H and O–H groups in total. The van der Waals surface area contributed by atoms with Crippen molar-refractivity contribution in [2.75, 3.05) is 6.54 Å². The number of hydrogen-bond acceptors (Lipinski definition) is 4. The van der Waals surface area contributed by atoms with Crippen LogP contribution >= 0.6 is 0 Å². The Labute approximate surface area is 128 Å². The lowest BCUT2D eigenvalue weighted by Gasteiger charge is -2.35. The standard InChI is InChI=1S/C15H16N2O4S/c18-15(19)10-17(12-4-2-5-12)22(20,21)14-6-1-3-11-9-16-8-7-13(11)14/h1,3,6-9,12H,2,4-5,10H2,(H,18,19). The van der Waals surface area contributed by atoms with Crippen LogP contribution in [0.1, 0.15) is 19.3 Å². The number of aliphatic carboxylic acids is 1. The van der Waals surface area contributed by atoms with E-state index in [1.807, 2.05) is 0 Å². The summed E-state index contributed by atoms with van der Waals surface area (Å²) in [4.78, 5) is 15.2. The second kappa shape index (κ2) is 5.66. The van der Waals surface area contributed by atoms with Gasteiger partial charge in [0.15, 0.2) is 0 Å². The Morgan fingerprint density at radius 3 is 2.73 bits per heavy atom. The van der Waals surface area contributed by atoms with Crippen molar-refractivity contribution in [2.45, 2.75) is 30.2 Å². The topological polar surface area (TPSA) is 87.6 Å². The Kier molecular flexibility index (Phi) is 3.84. The fourth-order valence-electron chi connectivity index (χ4n) is 2.66. The van der Waals surface area contributed by atoms with Crippen LogP contribution in [0, 0.1) is 0 Å². The van der Waals surface area contributed by atoms with Gasteiger partial charge in [0.2, 0.25) is 10.0 Å². The van der Waals surface area contributed by atoms with Crippen LogP contribution in [0.3, 0.4) is 0 Å². The molecule has 1 aromatic carbocycles. The number of carboxylic acid groups (broad SMARTS) is 1. The minimum absolute atomic E-state index is 0.139. The number of sulfonamides is 1. The largest absolute Gasteiger partial charge is 0.480 e. The number of aromatic nitrogens is 1. The molecule has 1 fully saturated rings. The maximum Gasteiger partial charge on any atom is 0.318 e. The van der Waals surface area contributed by atoms with Gasteiger partial charge in [-0.05, 0) is 25.0 Å². The third-order valence-electron chi connectivity index (χ3n) is 4.00. The Morgan fingerprint density at radius 1 is 1.32 bits per heavy atom. The smallest absolute Gasteiger partial charge is 0.318 e. The number of pyridine rings is 1. The first-order valence-electron chi connectivity index (χ1n) is 7.06. The number of carbonyl (C=O) groups is 1. The van der Waals surface area contributed by atoms with Crippen LogP contribution in [-0.4, -0.2) is 41.4 Å². The van der Waals surface area contributed by atoms with Crippen LogP contribution in [-0.2, 0) is 14.8 Å². The zero-order valence-electron chi connectivity index (χ0n) is 11.8. The van der Waals surface area contributed by atoms with Crippen molar-refractivity contribution in [3.63, 3.8) is 0 Å². The minimum Gasteiger partial charge on any atom is -0.480 e. The van der Waals surface area contributed by atoms with E-state index in [2.05, 4.69) is 4.98 Å².